The van der Waals surface area contributed by atoms with Gasteiger partial charge < -0.3 is 10.7 Å². The lowest BCUT2D eigenvalue weighted by molar-refractivity contribution is 0.834. The van der Waals surface area contributed by atoms with Crippen LogP contribution in [0.3, 0.4) is 0 Å². The predicted molar refractivity (Wildman–Crippen MR) is 77.6 cm³/mol. The van der Waals surface area contributed by atoms with E-state index >= 15 is 0 Å². The van der Waals surface area contributed by atoms with E-state index in [1.807, 2.05) is 24.3 Å². The fourth-order valence-electron chi connectivity index (χ4n) is 1.79. The number of aryl methyl sites for hydroxylation is 1. The van der Waals surface area contributed by atoms with Crippen LogP contribution in [0.5, 0.6) is 0 Å². The normalized spacial score (nSPS) is 10.2. The Labute approximate surface area is 113 Å². The van der Waals surface area contributed by atoms with Crippen molar-refractivity contribution in [2.24, 2.45) is 5.84 Å². The zero-order chi connectivity index (χ0) is 13.5. The average molecular weight is 257 g/mol. The van der Waals surface area contributed by atoms with Gasteiger partial charge in [-0.25, -0.2) is 15.8 Å². The first-order valence-corrected chi connectivity index (χ1v) is 6.44. The number of aromatic nitrogens is 2. The topological polar surface area (TPSA) is 75.9 Å². The monoisotopic (exact) mass is 257 g/mol. The molecule has 0 aliphatic rings. The first-order valence-electron chi connectivity index (χ1n) is 6.44. The average Bonchev–Trinajstić information content (AvgIpc) is 2.46. The van der Waals surface area contributed by atoms with Crippen molar-refractivity contribution in [3.8, 4) is 0 Å². The Bertz CT molecular complexity index is 512. The third-order valence-electron chi connectivity index (χ3n) is 2.71. The van der Waals surface area contributed by atoms with Gasteiger partial charge in [-0.15, -0.1) is 0 Å². The molecule has 19 heavy (non-hydrogen) atoms. The molecule has 100 valence electrons. The third-order valence-corrected chi connectivity index (χ3v) is 2.71. The van der Waals surface area contributed by atoms with Crippen LogP contribution >= 0.6 is 0 Å². The zero-order valence-electron chi connectivity index (χ0n) is 11.1. The summed E-state index contributed by atoms with van der Waals surface area (Å²) in [5.74, 6) is 7.64. The molecule has 0 aliphatic carbocycles. The van der Waals surface area contributed by atoms with Crippen LogP contribution in [0.25, 0.3) is 0 Å². The van der Waals surface area contributed by atoms with Crippen LogP contribution in [0.15, 0.2) is 36.4 Å². The van der Waals surface area contributed by atoms with E-state index in [0.29, 0.717) is 5.82 Å². The molecule has 5 nitrogen and oxygen atoms in total. The molecule has 0 atom stereocenters. The van der Waals surface area contributed by atoms with E-state index in [2.05, 4.69) is 39.8 Å². The summed E-state index contributed by atoms with van der Waals surface area (Å²) in [7, 11) is 0. The molecule has 0 bridgehead atoms. The molecule has 2 rings (SSSR count). The van der Waals surface area contributed by atoms with Crippen LogP contribution in [-0.2, 0) is 13.0 Å². The lowest BCUT2D eigenvalue weighted by Gasteiger charge is -2.09. The minimum absolute atomic E-state index is 0.633. The molecule has 0 unspecified atom stereocenters. The summed E-state index contributed by atoms with van der Waals surface area (Å²) < 4.78 is 0. The number of hydrazine groups is 1. The smallest absolute Gasteiger partial charge is 0.145 e. The van der Waals surface area contributed by atoms with Crippen molar-refractivity contribution in [3.63, 3.8) is 0 Å². The van der Waals surface area contributed by atoms with Gasteiger partial charge >= 0.3 is 0 Å². The van der Waals surface area contributed by atoms with Gasteiger partial charge in [0.05, 0.1) is 0 Å². The molecule has 4 N–H and O–H groups in total. The fraction of sp³-hybridized carbons (Fsp3) is 0.286. The molecular weight excluding hydrogens is 238 g/mol. The Morgan fingerprint density at radius 1 is 1.11 bits per heavy atom. The Balaban J connectivity index is 2.08. The number of nitrogens with zero attached hydrogens (tertiary/aromatic N) is 2. The maximum Gasteiger partial charge on any atom is 0.145 e. The van der Waals surface area contributed by atoms with E-state index in [1.165, 1.54) is 5.56 Å². The number of hydrogen-bond donors (Lipinski definition) is 3. The van der Waals surface area contributed by atoms with Crippen LogP contribution < -0.4 is 16.6 Å². The Kier molecular flexibility index (Phi) is 4.69. The first-order chi connectivity index (χ1) is 9.31. The molecule has 1 aromatic carbocycles. The van der Waals surface area contributed by atoms with Crippen molar-refractivity contribution < 1.29 is 0 Å². The number of rotatable bonds is 6. The lowest BCUT2D eigenvalue weighted by Crippen LogP contribution is -2.12. The van der Waals surface area contributed by atoms with Gasteiger partial charge in [-0.2, -0.15) is 0 Å². The number of anilines is 2. The van der Waals surface area contributed by atoms with Crippen molar-refractivity contribution in [1.82, 2.24) is 9.97 Å². The lowest BCUT2D eigenvalue weighted by atomic mass is 10.2. The predicted octanol–water partition coefficient (Wildman–Crippen LogP) is 2.33. The van der Waals surface area contributed by atoms with Crippen molar-refractivity contribution in [1.29, 1.82) is 0 Å². The third kappa shape index (κ3) is 3.93. The van der Waals surface area contributed by atoms with Gasteiger partial charge in [0.2, 0.25) is 0 Å². The van der Waals surface area contributed by atoms with E-state index in [9.17, 15) is 0 Å². The van der Waals surface area contributed by atoms with E-state index in [0.717, 1.165) is 31.0 Å². The molecular formula is C14H19N5. The van der Waals surface area contributed by atoms with Gasteiger partial charge in [-0.1, -0.05) is 37.3 Å². The molecule has 0 radical (unpaired) electrons. The highest BCUT2D eigenvalue weighted by Gasteiger charge is 2.03. The van der Waals surface area contributed by atoms with Gasteiger partial charge in [-0.3, -0.25) is 0 Å². The van der Waals surface area contributed by atoms with E-state index in [-0.39, 0.29) is 0 Å². The standard InChI is InChI=1S/C14H19N5/c1-2-6-12-17-13(9-14(18-12)19-15)16-10-11-7-4-3-5-8-11/h3-5,7-9H,2,6,10,15H2,1H3,(H2,16,17,18,19). The quantitative estimate of drug-likeness (QED) is 0.547. The number of nitrogens with two attached hydrogens (primary N) is 1. The SMILES string of the molecule is CCCc1nc(NN)cc(NCc2ccccc2)n1. The van der Waals surface area contributed by atoms with Gasteiger partial charge in [-0.05, 0) is 12.0 Å². The number of nitrogen functional groups attached to an aromatic ring is 1. The number of benzene rings is 1. The summed E-state index contributed by atoms with van der Waals surface area (Å²) in [6.45, 7) is 2.83. The van der Waals surface area contributed by atoms with Crippen molar-refractivity contribution in [3.05, 3.63) is 47.8 Å². The molecule has 1 aromatic heterocycles. The fourth-order valence-corrected chi connectivity index (χ4v) is 1.79. The second-order valence-electron chi connectivity index (χ2n) is 4.29. The highest BCUT2D eigenvalue weighted by molar-refractivity contribution is 5.47. The highest BCUT2D eigenvalue weighted by atomic mass is 15.3. The van der Waals surface area contributed by atoms with Gasteiger partial charge in [0.25, 0.3) is 0 Å². The summed E-state index contributed by atoms with van der Waals surface area (Å²) in [5.41, 5.74) is 3.78. The van der Waals surface area contributed by atoms with E-state index in [4.69, 9.17) is 5.84 Å². The summed E-state index contributed by atoms with van der Waals surface area (Å²) in [6, 6.07) is 12.0. The molecule has 0 fully saturated rings. The second kappa shape index (κ2) is 6.70. The van der Waals surface area contributed by atoms with Crippen LogP contribution in [-0.4, -0.2) is 9.97 Å². The number of nitrogens with one attached hydrogen (secondary N) is 2. The molecule has 0 saturated carbocycles. The van der Waals surface area contributed by atoms with Crippen LogP contribution in [0.1, 0.15) is 24.7 Å². The van der Waals surface area contributed by atoms with E-state index in [1.54, 1.807) is 0 Å². The molecule has 0 spiro atoms. The molecule has 2 aromatic rings. The summed E-state index contributed by atoms with van der Waals surface area (Å²) >= 11 is 0. The maximum absolute atomic E-state index is 5.42. The highest BCUT2D eigenvalue weighted by Crippen LogP contribution is 2.12. The maximum atomic E-state index is 5.42. The largest absolute Gasteiger partial charge is 0.366 e. The van der Waals surface area contributed by atoms with Crippen molar-refractivity contribution in [2.75, 3.05) is 10.7 Å². The summed E-state index contributed by atoms with van der Waals surface area (Å²) in [6.07, 6.45) is 1.85. The van der Waals surface area contributed by atoms with Crippen LogP contribution in [0.4, 0.5) is 11.6 Å². The second-order valence-corrected chi connectivity index (χ2v) is 4.29. The Morgan fingerprint density at radius 2 is 1.84 bits per heavy atom. The Morgan fingerprint density at radius 3 is 2.53 bits per heavy atom. The minimum atomic E-state index is 0.633. The van der Waals surface area contributed by atoms with Gasteiger partial charge in [0, 0.05) is 19.0 Å². The van der Waals surface area contributed by atoms with Crippen LogP contribution in [0, 0.1) is 0 Å². The molecule has 1 heterocycles. The van der Waals surface area contributed by atoms with Crippen LogP contribution in [0.2, 0.25) is 0 Å². The van der Waals surface area contributed by atoms with Crippen molar-refractivity contribution >= 4 is 11.6 Å². The van der Waals surface area contributed by atoms with E-state index < -0.39 is 0 Å². The molecule has 0 amide bonds. The first kappa shape index (κ1) is 13.3. The minimum Gasteiger partial charge on any atom is -0.366 e. The Hall–Kier alpha value is -2.14. The van der Waals surface area contributed by atoms with Gasteiger partial charge in [0.15, 0.2) is 0 Å². The van der Waals surface area contributed by atoms with Crippen molar-refractivity contribution in [2.45, 2.75) is 26.3 Å². The zero-order valence-corrected chi connectivity index (χ0v) is 11.1. The summed E-state index contributed by atoms with van der Waals surface area (Å²) in [5, 5.41) is 3.29. The number of hydrogen-bond acceptors (Lipinski definition) is 5. The molecule has 0 aliphatic heterocycles. The van der Waals surface area contributed by atoms with Gasteiger partial charge in [0.1, 0.15) is 17.5 Å². The summed E-state index contributed by atoms with van der Waals surface area (Å²) in [4.78, 5) is 8.78. The molecule has 0 saturated heterocycles. The molecule has 5 heteroatoms.